The highest BCUT2D eigenvalue weighted by Crippen LogP contribution is 2.34. The molecule has 0 saturated carbocycles. The van der Waals surface area contributed by atoms with Crippen LogP contribution in [0.15, 0.2) is 42.5 Å². The van der Waals surface area contributed by atoms with Crippen LogP contribution in [0.3, 0.4) is 0 Å². The summed E-state index contributed by atoms with van der Waals surface area (Å²) < 4.78 is 10.9. The maximum atomic E-state index is 13.3. The third-order valence-corrected chi connectivity index (χ3v) is 6.89. The van der Waals surface area contributed by atoms with E-state index in [0.29, 0.717) is 43.2 Å². The first-order valence-corrected chi connectivity index (χ1v) is 12.1. The molecule has 2 aromatic rings. The molecule has 35 heavy (non-hydrogen) atoms. The smallest absolute Gasteiger partial charge is 0.265 e. The summed E-state index contributed by atoms with van der Waals surface area (Å²) in [6.45, 7) is 3.89. The summed E-state index contributed by atoms with van der Waals surface area (Å²) in [6.07, 6.45) is 1.98. The second-order valence-electron chi connectivity index (χ2n) is 9.02. The lowest BCUT2D eigenvalue weighted by atomic mass is 10.1. The Labute approximate surface area is 204 Å². The van der Waals surface area contributed by atoms with Crippen molar-refractivity contribution in [1.29, 1.82) is 0 Å². The first kappa shape index (κ1) is 23.0. The van der Waals surface area contributed by atoms with Crippen LogP contribution in [-0.2, 0) is 9.59 Å². The number of fused-ring (bicyclic) bond motifs is 1. The van der Waals surface area contributed by atoms with Crippen molar-refractivity contribution in [1.82, 2.24) is 9.80 Å². The molecule has 0 radical (unpaired) electrons. The minimum absolute atomic E-state index is 0.0357. The molecule has 0 N–H and O–H groups in total. The van der Waals surface area contributed by atoms with Gasteiger partial charge in [-0.3, -0.25) is 19.3 Å². The number of likely N-dealkylation sites (tertiary alicyclic amines) is 1. The number of hydrogen-bond donors (Lipinski definition) is 0. The van der Waals surface area contributed by atoms with Crippen LogP contribution in [0.5, 0.6) is 11.5 Å². The summed E-state index contributed by atoms with van der Waals surface area (Å²) in [7, 11) is 1.65. The highest BCUT2D eigenvalue weighted by Gasteiger charge is 2.31. The number of methoxy groups -OCH3 is 1. The van der Waals surface area contributed by atoms with Crippen molar-refractivity contribution in [3.05, 3.63) is 48.0 Å². The third kappa shape index (κ3) is 4.76. The predicted molar refractivity (Wildman–Crippen MR) is 131 cm³/mol. The van der Waals surface area contributed by atoms with Gasteiger partial charge in [0, 0.05) is 56.6 Å². The van der Waals surface area contributed by atoms with Gasteiger partial charge in [0.15, 0.2) is 6.61 Å². The number of benzene rings is 2. The lowest BCUT2D eigenvalue weighted by molar-refractivity contribution is -0.131. The standard InChI is InChI=1S/C26H30N4O5/c1-34-21-6-4-5-20(16-21)27-11-13-29(14-12-27)26(33)19-7-8-23-22(15-19)30(25(32)18-35-23)17-24(31)28-9-2-3-10-28/h4-8,15-16H,2-3,9-14,17-18H2,1H3. The van der Waals surface area contributed by atoms with E-state index in [-0.39, 0.29) is 30.9 Å². The fourth-order valence-electron chi connectivity index (χ4n) is 4.87. The molecule has 3 amide bonds. The van der Waals surface area contributed by atoms with Gasteiger partial charge in [0.2, 0.25) is 5.91 Å². The Morgan fingerprint density at radius 2 is 1.71 bits per heavy atom. The SMILES string of the molecule is COc1cccc(N2CCN(C(=O)c3ccc4c(c3)N(CC(=O)N3CCCC3)C(=O)CO4)CC2)c1. The summed E-state index contributed by atoms with van der Waals surface area (Å²) in [4.78, 5) is 46.0. The van der Waals surface area contributed by atoms with Gasteiger partial charge in [-0.2, -0.15) is 0 Å². The van der Waals surface area contributed by atoms with Crippen LogP contribution in [0.1, 0.15) is 23.2 Å². The minimum Gasteiger partial charge on any atom is -0.497 e. The molecule has 9 heteroatoms. The summed E-state index contributed by atoms with van der Waals surface area (Å²) in [5.74, 6) is 0.871. The molecule has 3 aliphatic rings. The Hall–Kier alpha value is -3.75. The Balaban J connectivity index is 1.28. The van der Waals surface area contributed by atoms with Crippen molar-refractivity contribution >= 4 is 29.1 Å². The van der Waals surface area contributed by atoms with E-state index in [4.69, 9.17) is 9.47 Å². The van der Waals surface area contributed by atoms with Crippen LogP contribution in [0.4, 0.5) is 11.4 Å². The van der Waals surface area contributed by atoms with Crippen LogP contribution in [0.25, 0.3) is 0 Å². The molecule has 5 rings (SSSR count). The first-order chi connectivity index (χ1) is 17.0. The van der Waals surface area contributed by atoms with Crippen molar-refractivity contribution in [2.45, 2.75) is 12.8 Å². The quantitative estimate of drug-likeness (QED) is 0.654. The predicted octanol–water partition coefficient (Wildman–Crippen LogP) is 2.01. The number of piperazine rings is 1. The maximum absolute atomic E-state index is 13.3. The van der Waals surface area contributed by atoms with Crippen LogP contribution < -0.4 is 19.3 Å². The van der Waals surface area contributed by atoms with E-state index >= 15 is 0 Å². The Morgan fingerprint density at radius 3 is 2.46 bits per heavy atom. The van der Waals surface area contributed by atoms with E-state index in [1.165, 1.54) is 4.90 Å². The van der Waals surface area contributed by atoms with Gasteiger partial charge in [-0.15, -0.1) is 0 Å². The van der Waals surface area contributed by atoms with Gasteiger partial charge in [-0.25, -0.2) is 0 Å². The van der Waals surface area contributed by atoms with E-state index in [1.807, 2.05) is 29.2 Å². The van der Waals surface area contributed by atoms with Crippen molar-refractivity contribution in [3.63, 3.8) is 0 Å². The molecule has 3 heterocycles. The van der Waals surface area contributed by atoms with Crippen molar-refractivity contribution in [2.75, 3.05) is 69.3 Å². The first-order valence-electron chi connectivity index (χ1n) is 12.1. The van der Waals surface area contributed by atoms with E-state index in [0.717, 1.165) is 37.4 Å². The summed E-state index contributed by atoms with van der Waals surface area (Å²) in [5.41, 5.74) is 2.03. The molecule has 0 aromatic heterocycles. The average Bonchev–Trinajstić information content (AvgIpc) is 3.45. The number of anilines is 2. The molecular weight excluding hydrogens is 448 g/mol. The van der Waals surface area contributed by atoms with Crippen molar-refractivity contribution in [3.8, 4) is 11.5 Å². The molecule has 9 nitrogen and oxygen atoms in total. The second-order valence-corrected chi connectivity index (χ2v) is 9.02. The lowest BCUT2D eigenvalue weighted by Gasteiger charge is -2.36. The van der Waals surface area contributed by atoms with Crippen LogP contribution >= 0.6 is 0 Å². The molecule has 2 fully saturated rings. The highest BCUT2D eigenvalue weighted by atomic mass is 16.5. The topological polar surface area (TPSA) is 82.6 Å². The number of carbonyl (C=O) groups is 3. The molecule has 184 valence electrons. The van der Waals surface area contributed by atoms with Gasteiger partial charge >= 0.3 is 0 Å². The van der Waals surface area contributed by atoms with Gasteiger partial charge in [0.05, 0.1) is 12.8 Å². The van der Waals surface area contributed by atoms with Crippen LogP contribution in [0, 0.1) is 0 Å². The van der Waals surface area contributed by atoms with Crippen molar-refractivity contribution < 1.29 is 23.9 Å². The summed E-state index contributed by atoms with van der Waals surface area (Å²) in [6, 6.07) is 13.0. The van der Waals surface area contributed by atoms with E-state index in [9.17, 15) is 14.4 Å². The van der Waals surface area contributed by atoms with Gasteiger partial charge in [-0.1, -0.05) is 6.07 Å². The Kier molecular flexibility index (Phi) is 6.48. The second kappa shape index (κ2) is 9.85. The Morgan fingerprint density at radius 1 is 0.943 bits per heavy atom. The number of rotatable bonds is 5. The molecule has 0 bridgehead atoms. The molecule has 2 saturated heterocycles. The molecule has 0 unspecified atom stereocenters. The summed E-state index contributed by atoms with van der Waals surface area (Å²) in [5, 5.41) is 0. The summed E-state index contributed by atoms with van der Waals surface area (Å²) >= 11 is 0. The fourth-order valence-corrected chi connectivity index (χ4v) is 4.87. The highest BCUT2D eigenvalue weighted by molar-refractivity contribution is 6.04. The number of carbonyl (C=O) groups excluding carboxylic acids is 3. The zero-order chi connectivity index (χ0) is 24.4. The zero-order valence-electron chi connectivity index (χ0n) is 19.9. The van der Waals surface area contributed by atoms with Crippen LogP contribution in [-0.4, -0.2) is 87.1 Å². The normalized spacial score (nSPS) is 17.8. The molecule has 0 spiro atoms. The third-order valence-electron chi connectivity index (χ3n) is 6.89. The number of nitrogens with zero attached hydrogens (tertiary/aromatic N) is 4. The zero-order valence-corrected chi connectivity index (χ0v) is 19.9. The maximum Gasteiger partial charge on any atom is 0.265 e. The molecule has 0 aliphatic carbocycles. The number of hydrogen-bond acceptors (Lipinski definition) is 6. The lowest BCUT2D eigenvalue weighted by Crippen LogP contribution is -2.49. The average molecular weight is 479 g/mol. The van der Waals surface area contributed by atoms with Crippen LogP contribution in [0.2, 0.25) is 0 Å². The largest absolute Gasteiger partial charge is 0.497 e. The van der Waals surface area contributed by atoms with E-state index in [1.54, 1.807) is 30.2 Å². The van der Waals surface area contributed by atoms with E-state index in [2.05, 4.69) is 4.90 Å². The molecule has 3 aliphatic heterocycles. The van der Waals surface area contributed by atoms with E-state index < -0.39 is 0 Å². The van der Waals surface area contributed by atoms with Crippen molar-refractivity contribution in [2.24, 2.45) is 0 Å². The van der Waals surface area contributed by atoms with Gasteiger partial charge in [0.1, 0.15) is 18.0 Å². The molecular formula is C26H30N4O5. The monoisotopic (exact) mass is 478 g/mol. The fraction of sp³-hybridized carbons (Fsp3) is 0.423. The van der Waals surface area contributed by atoms with Gasteiger partial charge in [0.25, 0.3) is 11.8 Å². The molecule has 2 aromatic carbocycles. The number of amides is 3. The van der Waals surface area contributed by atoms with Gasteiger partial charge in [-0.05, 0) is 43.2 Å². The van der Waals surface area contributed by atoms with Gasteiger partial charge < -0.3 is 24.2 Å². The Bertz CT molecular complexity index is 1120. The molecule has 0 atom stereocenters. The number of ether oxygens (including phenoxy) is 2. The minimum atomic E-state index is -0.276.